The van der Waals surface area contributed by atoms with Crippen LogP contribution in [0.1, 0.15) is 31.7 Å². The van der Waals surface area contributed by atoms with E-state index in [4.69, 9.17) is 21.3 Å². The molecule has 0 spiro atoms. The van der Waals surface area contributed by atoms with Crippen LogP contribution in [0.4, 0.5) is 0 Å². The number of allylic oxidation sites excluding steroid dienone is 1. The maximum atomic E-state index is 9.66. The highest BCUT2D eigenvalue weighted by Crippen LogP contribution is 2.34. The molecule has 3 nitrogen and oxygen atoms in total. The molecule has 1 aliphatic carbocycles. The van der Waals surface area contributed by atoms with Crippen molar-refractivity contribution in [3.05, 3.63) is 81.8 Å². The summed E-state index contributed by atoms with van der Waals surface area (Å²) in [5.74, 6) is 0.792. The summed E-state index contributed by atoms with van der Waals surface area (Å²) in [6.45, 7) is 2.10. The summed E-state index contributed by atoms with van der Waals surface area (Å²) >= 11 is 9.94. The Morgan fingerprint density at radius 1 is 1.13 bits per heavy atom. The van der Waals surface area contributed by atoms with Gasteiger partial charge in [-0.2, -0.15) is 5.26 Å². The molecule has 0 amide bonds. The lowest BCUT2D eigenvalue weighted by atomic mass is 9.93. The van der Waals surface area contributed by atoms with Gasteiger partial charge in [-0.1, -0.05) is 45.7 Å². The first-order chi connectivity index (χ1) is 14.5. The lowest BCUT2D eigenvalue weighted by molar-refractivity contribution is 0.123. The molecule has 30 heavy (non-hydrogen) atoms. The largest absolute Gasteiger partial charge is 0.484 e. The topological polar surface area (TPSA) is 45.9 Å². The van der Waals surface area contributed by atoms with Gasteiger partial charge in [0.2, 0.25) is 0 Å². The molecule has 1 atom stereocenters. The van der Waals surface area contributed by atoms with Crippen molar-refractivity contribution >= 4 is 27.5 Å². The standard InChI is InChI=1S/C25H20BrClN2O/c1-25(12-3-2-4-13-25)30-20-10-8-17(9-11-20)24-21(16-28)22(27)15-23(29-24)18-6-5-7-19(26)14-18/h3,5-12,14-15H,2,4,13H2,1H3. The molecule has 4 rings (SSSR count). The third-order valence-electron chi connectivity index (χ3n) is 5.20. The van der Waals surface area contributed by atoms with Gasteiger partial charge in [0.15, 0.2) is 0 Å². The molecular formula is C25H20BrClN2O. The van der Waals surface area contributed by atoms with Crippen LogP contribution < -0.4 is 4.74 Å². The van der Waals surface area contributed by atoms with Gasteiger partial charge in [0.25, 0.3) is 0 Å². The van der Waals surface area contributed by atoms with Crippen molar-refractivity contribution < 1.29 is 4.74 Å². The lowest BCUT2D eigenvalue weighted by Crippen LogP contribution is -2.31. The minimum atomic E-state index is -0.278. The highest BCUT2D eigenvalue weighted by molar-refractivity contribution is 9.10. The predicted octanol–water partition coefficient (Wildman–Crippen LogP) is 7.58. The van der Waals surface area contributed by atoms with Crippen LogP contribution in [0.2, 0.25) is 5.02 Å². The van der Waals surface area contributed by atoms with Gasteiger partial charge in [-0.3, -0.25) is 0 Å². The first kappa shape index (κ1) is 20.7. The number of nitriles is 1. The second-order valence-electron chi connectivity index (χ2n) is 7.57. The van der Waals surface area contributed by atoms with Crippen LogP contribution in [0, 0.1) is 11.3 Å². The first-order valence-corrected chi connectivity index (χ1v) is 11.0. The maximum absolute atomic E-state index is 9.66. The molecule has 0 radical (unpaired) electrons. The normalized spacial score (nSPS) is 18.1. The maximum Gasteiger partial charge on any atom is 0.124 e. The molecule has 0 aliphatic heterocycles. The summed E-state index contributed by atoms with van der Waals surface area (Å²) in [5.41, 5.74) is 3.12. The van der Waals surface area contributed by atoms with Gasteiger partial charge < -0.3 is 4.74 Å². The molecular weight excluding hydrogens is 460 g/mol. The number of benzene rings is 2. The fourth-order valence-corrected chi connectivity index (χ4v) is 4.28. The van der Waals surface area contributed by atoms with E-state index >= 15 is 0 Å². The second kappa shape index (κ2) is 8.63. The molecule has 150 valence electrons. The molecule has 0 fully saturated rings. The third-order valence-corrected chi connectivity index (χ3v) is 5.99. The quantitative estimate of drug-likeness (QED) is 0.362. The smallest absolute Gasteiger partial charge is 0.124 e. The SMILES string of the molecule is CC1(Oc2ccc(-c3nc(-c4cccc(Br)c4)cc(Cl)c3C#N)cc2)C=CCCC1. The number of nitrogens with zero attached hydrogens (tertiary/aromatic N) is 2. The van der Waals surface area contributed by atoms with Crippen molar-refractivity contribution in [1.82, 2.24) is 4.98 Å². The van der Waals surface area contributed by atoms with E-state index in [0.29, 0.717) is 16.3 Å². The monoisotopic (exact) mass is 478 g/mol. The van der Waals surface area contributed by atoms with Crippen LogP contribution in [-0.2, 0) is 0 Å². The Morgan fingerprint density at radius 3 is 2.60 bits per heavy atom. The zero-order valence-electron chi connectivity index (χ0n) is 16.5. The minimum Gasteiger partial charge on any atom is -0.484 e. The van der Waals surface area contributed by atoms with Crippen LogP contribution in [0.5, 0.6) is 5.75 Å². The van der Waals surface area contributed by atoms with Crippen LogP contribution in [0.15, 0.2) is 71.2 Å². The molecule has 0 saturated heterocycles. The lowest BCUT2D eigenvalue weighted by Gasteiger charge is -2.30. The first-order valence-electron chi connectivity index (χ1n) is 9.81. The van der Waals surface area contributed by atoms with Gasteiger partial charge in [0, 0.05) is 15.6 Å². The van der Waals surface area contributed by atoms with Crippen LogP contribution in [0.3, 0.4) is 0 Å². The molecule has 2 aromatic carbocycles. The molecule has 1 aromatic heterocycles. The zero-order chi connectivity index (χ0) is 21.1. The zero-order valence-corrected chi connectivity index (χ0v) is 18.9. The summed E-state index contributed by atoms with van der Waals surface area (Å²) < 4.78 is 7.17. The van der Waals surface area contributed by atoms with Gasteiger partial charge in [0.05, 0.1) is 22.0 Å². The molecule has 1 heterocycles. The number of hydrogen-bond donors (Lipinski definition) is 0. The number of halogens is 2. The van der Waals surface area contributed by atoms with E-state index in [1.165, 1.54) is 0 Å². The molecule has 3 aromatic rings. The Labute approximate surface area is 190 Å². The van der Waals surface area contributed by atoms with Crippen molar-refractivity contribution in [3.63, 3.8) is 0 Å². The third kappa shape index (κ3) is 4.43. The van der Waals surface area contributed by atoms with E-state index in [2.05, 4.69) is 41.1 Å². The van der Waals surface area contributed by atoms with E-state index in [1.54, 1.807) is 6.07 Å². The number of pyridine rings is 1. The summed E-state index contributed by atoms with van der Waals surface area (Å²) in [5, 5.41) is 10.0. The molecule has 1 aliphatic rings. The van der Waals surface area contributed by atoms with E-state index in [1.807, 2.05) is 48.5 Å². The van der Waals surface area contributed by atoms with Crippen molar-refractivity contribution in [1.29, 1.82) is 5.26 Å². The molecule has 0 saturated carbocycles. The van der Waals surface area contributed by atoms with Gasteiger partial charge >= 0.3 is 0 Å². The second-order valence-corrected chi connectivity index (χ2v) is 8.89. The highest BCUT2D eigenvalue weighted by atomic mass is 79.9. The predicted molar refractivity (Wildman–Crippen MR) is 125 cm³/mol. The Hall–Kier alpha value is -2.61. The van der Waals surface area contributed by atoms with Crippen molar-refractivity contribution in [2.45, 2.75) is 31.8 Å². The summed E-state index contributed by atoms with van der Waals surface area (Å²) in [4.78, 5) is 4.77. The van der Waals surface area contributed by atoms with E-state index in [0.717, 1.165) is 46.3 Å². The molecule has 0 N–H and O–H groups in total. The Bertz CT molecular complexity index is 1150. The van der Waals surface area contributed by atoms with Crippen molar-refractivity contribution in [2.75, 3.05) is 0 Å². The minimum absolute atomic E-state index is 0.278. The van der Waals surface area contributed by atoms with Gasteiger partial charge in [-0.25, -0.2) is 4.98 Å². The van der Waals surface area contributed by atoms with Gasteiger partial charge in [0.1, 0.15) is 17.4 Å². The molecule has 0 bridgehead atoms. The highest BCUT2D eigenvalue weighted by Gasteiger charge is 2.24. The number of ether oxygens (including phenoxy) is 1. The average molecular weight is 480 g/mol. The summed E-state index contributed by atoms with van der Waals surface area (Å²) in [6.07, 6.45) is 7.55. The van der Waals surface area contributed by atoms with Crippen molar-refractivity contribution in [2.24, 2.45) is 0 Å². The van der Waals surface area contributed by atoms with E-state index in [9.17, 15) is 5.26 Å². The fourth-order valence-electron chi connectivity index (χ4n) is 3.65. The number of rotatable bonds is 4. The summed E-state index contributed by atoms with van der Waals surface area (Å²) in [6, 6.07) is 19.5. The van der Waals surface area contributed by atoms with E-state index < -0.39 is 0 Å². The molecule has 1 unspecified atom stereocenters. The Kier molecular flexibility index (Phi) is 5.94. The number of aromatic nitrogens is 1. The number of hydrogen-bond acceptors (Lipinski definition) is 3. The van der Waals surface area contributed by atoms with Gasteiger partial charge in [-0.05, 0) is 74.7 Å². The molecule has 5 heteroatoms. The van der Waals surface area contributed by atoms with Crippen LogP contribution in [0.25, 0.3) is 22.5 Å². The Morgan fingerprint density at radius 2 is 1.93 bits per heavy atom. The van der Waals surface area contributed by atoms with Crippen LogP contribution in [-0.4, -0.2) is 10.6 Å². The van der Waals surface area contributed by atoms with Crippen molar-refractivity contribution in [3.8, 4) is 34.3 Å². The van der Waals surface area contributed by atoms with E-state index in [-0.39, 0.29) is 5.60 Å². The summed E-state index contributed by atoms with van der Waals surface area (Å²) in [7, 11) is 0. The Balaban J connectivity index is 1.70. The van der Waals surface area contributed by atoms with Crippen LogP contribution >= 0.6 is 27.5 Å². The fraction of sp³-hybridized carbons (Fsp3) is 0.200. The van der Waals surface area contributed by atoms with Gasteiger partial charge in [-0.15, -0.1) is 0 Å². The average Bonchev–Trinajstić information content (AvgIpc) is 2.74.